The first-order chi connectivity index (χ1) is 11.3. The van der Waals surface area contributed by atoms with Crippen LogP contribution < -0.4 is 21.1 Å². The SMILES string of the molecule is CC(NC(=O)CNC(=O)[C@@H](N)C(C)C)C1Oc2ccccc2C1C. The Balaban J connectivity index is 1.84. The van der Waals surface area contributed by atoms with E-state index in [2.05, 4.69) is 17.6 Å². The van der Waals surface area contributed by atoms with Crippen molar-refractivity contribution in [2.75, 3.05) is 6.54 Å². The molecular weight excluding hydrogens is 306 g/mol. The molecule has 1 aliphatic heterocycles. The van der Waals surface area contributed by atoms with Gasteiger partial charge in [-0.15, -0.1) is 0 Å². The van der Waals surface area contributed by atoms with E-state index >= 15 is 0 Å². The Hall–Kier alpha value is -2.08. The third kappa shape index (κ3) is 4.06. The Morgan fingerprint density at radius 1 is 1.25 bits per heavy atom. The Kier molecular flexibility index (Phi) is 5.83. The van der Waals surface area contributed by atoms with Crippen LogP contribution in [0.3, 0.4) is 0 Å². The summed E-state index contributed by atoms with van der Waals surface area (Å²) in [6.45, 7) is 7.64. The van der Waals surface area contributed by atoms with Crippen LogP contribution >= 0.6 is 0 Å². The third-order valence-corrected chi connectivity index (χ3v) is 4.49. The normalized spacial score (nSPS) is 21.6. The zero-order chi connectivity index (χ0) is 17.9. The summed E-state index contributed by atoms with van der Waals surface area (Å²) in [5.41, 5.74) is 6.90. The fourth-order valence-electron chi connectivity index (χ4n) is 2.90. The first-order valence-corrected chi connectivity index (χ1v) is 8.39. The van der Waals surface area contributed by atoms with Crippen molar-refractivity contribution in [3.8, 4) is 5.75 Å². The van der Waals surface area contributed by atoms with Gasteiger partial charge in [0, 0.05) is 11.5 Å². The van der Waals surface area contributed by atoms with Crippen LogP contribution in [0.1, 0.15) is 39.2 Å². The Morgan fingerprint density at radius 3 is 2.54 bits per heavy atom. The highest BCUT2D eigenvalue weighted by molar-refractivity contribution is 5.87. The molecule has 0 spiro atoms. The van der Waals surface area contributed by atoms with E-state index in [1.807, 2.05) is 45.0 Å². The number of fused-ring (bicyclic) bond motifs is 1. The van der Waals surface area contributed by atoms with E-state index in [4.69, 9.17) is 10.5 Å². The molecule has 6 heteroatoms. The number of rotatable bonds is 6. The highest BCUT2D eigenvalue weighted by Crippen LogP contribution is 2.38. The topological polar surface area (TPSA) is 93.5 Å². The summed E-state index contributed by atoms with van der Waals surface area (Å²) in [5, 5.41) is 5.46. The second kappa shape index (κ2) is 7.66. The molecule has 1 aromatic rings. The van der Waals surface area contributed by atoms with Crippen LogP contribution in [0.4, 0.5) is 0 Å². The molecular formula is C18H27N3O3. The lowest BCUT2D eigenvalue weighted by Crippen LogP contribution is -2.50. The molecule has 0 aromatic heterocycles. The van der Waals surface area contributed by atoms with Gasteiger partial charge in [0.05, 0.1) is 18.6 Å². The highest BCUT2D eigenvalue weighted by Gasteiger charge is 2.35. The van der Waals surface area contributed by atoms with Gasteiger partial charge in [0.1, 0.15) is 11.9 Å². The zero-order valence-electron chi connectivity index (χ0n) is 14.7. The molecule has 0 saturated carbocycles. The van der Waals surface area contributed by atoms with E-state index in [0.29, 0.717) is 0 Å². The van der Waals surface area contributed by atoms with Crippen LogP contribution in [0.5, 0.6) is 5.75 Å². The third-order valence-electron chi connectivity index (χ3n) is 4.49. The molecule has 0 fully saturated rings. The van der Waals surface area contributed by atoms with Crippen LogP contribution in [0.2, 0.25) is 0 Å². The van der Waals surface area contributed by atoms with Gasteiger partial charge in [-0.2, -0.15) is 0 Å². The Bertz CT molecular complexity index is 603. The van der Waals surface area contributed by atoms with Crippen molar-refractivity contribution in [3.05, 3.63) is 29.8 Å². The number of hydrogen-bond donors (Lipinski definition) is 3. The van der Waals surface area contributed by atoms with Gasteiger partial charge in [0.15, 0.2) is 0 Å². The van der Waals surface area contributed by atoms with Crippen molar-refractivity contribution in [1.29, 1.82) is 0 Å². The lowest BCUT2D eigenvalue weighted by Gasteiger charge is -2.24. The van der Waals surface area contributed by atoms with Crippen LogP contribution in [-0.2, 0) is 9.59 Å². The van der Waals surface area contributed by atoms with E-state index in [1.54, 1.807) is 0 Å². The summed E-state index contributed by atoms with van der Waals surface area (Å²) in [6, 6.07) is 7.12. The smallest absolute Gasteiger partial charge is 0.239 e. The number of amides is 2. The van der Waals surface area contributed by atoms with Gasteiger partial charge in [0.2, 0.25) is 11.8 Å². The van der Waals surface area contributed by atoms with E-state index in [9.17, 15) is 9.59 Å². The van der Waals surface area contributed by atoms with Gasteiger partial charge >= 0.3 is 0 Å². The molecule has 2 rings (SSSR count). The maximum Gasteiger partial charge on any atom is 0.239 e. The average Bonchev–Trinajstić information content (AvgIpc) is 2.89. The largest absolute Gasteiger partial charge is 0.487 e. The number of para-hydroxylation sites is 1. The van der Waals surface area contributed by atoms with E-state index < -0.39 is 6.04 Å². The molecule has 24 heavy (non-hydrogen) atoms. The van der Waals surface area contributed by atoms with Gasteiger partial charge in [-0.25, -0.2) is 0 Å². The van der Waals surface area contributed by atoms with Crippen molar-refractivity contribution in [3.63, 3.8) is 0 Å². The second-order valence-electron chi connectivity index (χ2n) is 6.75. The quantitative estimate of drug-likeness (QED) is 0.728. The van der Waals surface area contributed by atoms with E-state index in [-0.39, 0.29) is 42.3 Å². The minimum absolute atomic E-state index is 0.0261. The van der Waals surface area contributed by atoms with Gasteiger partial charge in [-0.05, 0) is 18.9 Å². The summed E-state index contributed by atoms with van der Waals surface area (Å²) in [6.07, 6.45) is -0.125. The average molecular weight is 333 g/mol. The fraction of sp³-hybridized carbons (Fsp3) is 0.556. The number of nitrogens with one attached hydrogen (secondary N) is 2. The summed E-state index contributed by atoms with van der Waals surface area (Å²) >= 11 is 0. The molecule has 0 bridgehead atoms. The van der Waals surface area contributed by atoms with Crippen LogP contribution in [0.15, 0.2) is 24.3 Å². The summed E-state index contributed by atoms with van der Waals surface area (Å²) in [5.74, 6) is 0.523. The molecule has 0 saturated heterocycles. The van der Waals surface area contributed by atoms with Crippen molar-refractivity contribution >= 4 is 11.8 Å². The lowest BCUT2D eigenvalue weighted by molar-refractivity contribution is -0.127. The monoisotopic (exact) mass is 333 g/mol. The Morgan fingerprint density at radius 2 is 1.92 bits per heavy atom. The minimum Gasteiger partial charge on any atom is -0.487 e. The minimum atomic E-state index is -0.608. The predicted octanol–water partition coefficient (Wildman–Crippen LogP) is 1.16. The molecule has 6 nitrogen and oxygen atoms in total. The molecule has 132 valence electrons. The number of ether oxygens (including phenoxy) is 1. The van der Waals surface area contributed by atoms with Crippen molar-refractivity contribution in [2.45, 2.75) is 51.8 Å². The standard InChI is InChI=1S/C18H27N3O3/c1-10(2)16(19)18(23)20-9-15(22)21-12(4)17-11(3)13-7-5-6-8-14(13)24-17/h5-8,10-12,16-17H,9,19H2,1-4H3,(H,20,23)(H,21,22)/t11?,12?,16-,17?/m0/s1. The van der Waals surface area contributed by atoms with Crippen LogP contribution in [0.25, 0.3) is 0 Å². The fourth-order valence-corrected chi connectivity index (χ4v) is 2.90. The first kappa shape index (κ1) is 18.3. The van der Waals surface area contributed by atoms with Crippen molar-refractivity contribution in [2.24, 2.45) is 11.7 Å². The molecule has 1 aliphatic rings. The zero-order valence-corrected chi connectivity index (χ0v) is 14.7. The molecule has 1 aromatic carbocycles. The van der Waals surface area contributed by atoms with Gasteiger partial charge in [-0.1, -0.05) is 39.0 Å². The molecule has 2 amide bonds. The highest BCUT2D eigenvalue weighted by atomic mass is 16.5. The summed E-state index contributed by atoms with van der Waals surface area (Å²) in [7, 11) is 0. The number of nitrogens with two attached hydrogens (primary N) is 1. The maximum atomic E-state index is 12.1. The molecule has 0 radical (unpaired) electrons. The van der Waals surface area contributed by atoms with E-state index in [0.717, 1.165) is 11.3 Å². The van der Waals surface area contributed by atoms with Gasteiger partial charge < -0.3 is 21.1 Å². The Labute approximate surface area is 143 Å². The number of carbonyl (C=O) groups is 2. The number of carbonyl (C=O) groups excluding carboxylic acids is 2. The molecule has 1 heterocycles. The van der Waals surface area contributed by atoms with Gasteiger partial charge in [-0.3, -0.25) is 9.59 Å². The summed E-state index contributed by atoms with van der Waals surface area (Å²) in [4.78, 5) is 23.9. The second-order valence-corrected chi connectivity index (χ2v) is 6.75. The van der Waals surface area contributed by atoms with Crippen molar-refractivity contribution in [1.82, 2.24) is 10.6 Å². The summed E-state index contributed by atoms with van der Waals surface area (Å²) < 4.78 is 5.96. The molecule has 4 atom stereocenters. The number of benzene rings is 1. The number of hydrogen-bond acceptors (Lipinski definition) is 4. The molecule has 0 aliphatic carbocycles. The lowest BCUT2D eigenvalue weighted by atomic mass is 9.94. The molecule has 4 N–H and O–H groups in total. The molecule has 3 unspecified atom stereocenters. The first-order valence-electron chi connectivity index (χ1n) is 8.39. The van der Waals surface area contributed by atoms with E-state index in [1.165, 1.54) is 0 Å². The predicted molar refractivity (Wildman–Crippen MR) is 92.7 cm³/mol. The van der Waals surface area contributed by atoms with Crippen LogP contribution in [0, 0.1) is 5.92 Å². The van der Waals surface area contributed by atoms with Gasteiger partial charge in [0.25, 0.3) is 0 Å². The maximum absolute atomic E-state index is 12.1. The van der Waals surface area contributed by atoms with Crippen LogP contribution in [-0.4, -0.2) is 36.5 Å². The van der Waals surface area contributed by atoms with Crippen molar-refractivity contribution < 1.29 is 14.3 Å².